The molecule has 15 heavy (non-hydrogen) atoms. The smallest absolute Gasteiger partial charge is 0.124 e. The third-order valence-corrected chi connectivity index (χ3v) is 3.15. The molecular weight excluding hydrogens is 190 g/mol. The van der Waals surface area contributed by atoms with Crippen molar-refractivity contribution < 1.29 is 9.84 Å². The fourth-order valence-corrected chi connectivity index (χ4v) is 2.29. The van der Waals surface area contributed by atoms with Crippen molar-refractivity contribution >= 4 is 0 Å². The van der Waals surface area contributed by atoms with Crippen LogP contribution in [0.3, 0.4) is 0 Å². The summed E-state index contributed by atoms with van der Waals surface area (Å²) in [5.41, 5.74) is 2.15. The van der Waals surface area contributed by atoms with Gasteiger partial charge in [-0.05, 0) is 31.5 Å². The van der Waals surface area contributed by atoms with E-state index in [1.807, 2.05) is 19.2 Å². The first-order valence-electron chi connectivity index (χ1n) is 5.29. The number of ether oxygens (including phenoxy) is 1. The van der Waals surface area contributed by atoms with Gasteiger partial charge in [-0.15, -0.1) is 0 Å². The minimum atomic E-state index is -0.463. The lowest BCUT2D eigenvalue weighted by molar-refractivity contribution is 0.116. The molecule has 0 saturated carbocycles. The van der Waals surface area contributed by atoms with E-state index in [1.165, 1.54) is 5.56 Å². The number of benzene rings is 1. The normalized spacial score (nSPS) is 24.7. The van der Waals surface area contributed by atoms with Crippen molar-refractivity contribution in [3.63, 3.8) is 0 Å². The number of nitrogens with one attached hydrogen (secondary N) is 1. The van der Waals surface area contributed by atoms with Crippen LogP contribution < -0.4 is 10.1 Å². The monoisotopic (exact) mass is 207 g/mol. The van der Waals surface area contributed by atoms with Gasteiger partial charge in [-0.25, -0.2) is 0 Å². The lowest BCUT2D eigenvalue weighted by Gasteiger charge is -2.30. The van der Waals surface area contributed by atoms with Crippen molar-refractivity contribution in [2.45, 2.75) is 25.0 Å². The first-order valence-corrected chi connectivity index (χ1v) is 5.29. The number of hydrogen-bond donors (Lipinski definition) is 2. The van der Waals surface area contributed by atoms with Crippen LogP contribution in [0.15, 0.2) is 18.2 Å². The van der Waals surface area contributed by atoms with Gasteiger partial charge in [0.15, 0.2) is 0 Å². The van der Waals surface area contributed by atoms with E-state index in [1.54, 1.807) is 7.11 Å². The number of methoxy groups -OCH3 is 1. The van der Waals surface area contributed by atoms with Gasteiger partial charge in [-0.2, -0.15) is 0 Å². The van der Waals surface area contributed by atoms with Gasteiger partial charge in [0.1, 0.15) is 5.75 Å². The molecule has 2 N–H and O–H groups in total. The summed E-state index contributed by atoms with van der Waals surface area (Å²) in [6.07, 6.45) is 1.50. The molecule has 3 heteroatoms. The molecule has 1 aliphatic rings. The first-order chi connectivity index (χ1) is 7.27. The van der Waals surface area contributed by atoms with Gasteiger partial charge in [0.05, 0.1) is 13.2 Å². The summed E-state index contributed by atoms with van der Waals surface area (Å²) in [6, 6.07) is 6.07. The second-order valence-corrected chi connectivity index (χ2v) is 3.91. The van der Waals surface area contributed by atoms with E-state index in [2.05, 4.69) is 11.4 Å². The molecular formula is C12H17NO2. The summed E-state index contributed by atoms with van der Waals surface area (Å²) >= 11 is 0. The molecule has 0 radical (unpaired) electrons. The van der Waals surface area contributed by atoms with Crippen LogP contribution in [0.25, 0.3) is 0 Å². The second kappa shape index (κ2) is 4.21. The number of aryl methyl sites for hydroxylation is 1. The topological polar surface area (TPSA) is 41.5 Å². The molecule has 0 saturated heterocycles. The van der Waals surface area contributed by atoms with Gasteiger partial charge in [0, 0.05) is 11.6 Å². The average molecular weight is 207 g/mol. The van der Waals surface area contributed by atoms with Crippen LogP contribution in [0.4, 0.5) is 0 Å². The number of likely N-dealkylation sites (N-methyl/N-ethyl adjacent to an activating group) is 1. The van der Waals surface area contributed by atoms with Crippen LogP contribution in [-0.4, -0.2) is 25.3 Å². The van der Waals surface area contributed by atoms with Gasteiger partial charge in [0.25, 0.3) is 0 Å². The van der Waals surface area contributed by atoms with Crippen molar-refractivity contribution in [1.29, 1.82) is 0 Å². The molecule has 0 aromatic heterocycles. The fraction of sp³-hybridized carbons (Fsp3) is 0.500. The Labute approximate surface area is 90.1 Å². The van der Waals surface area contributed by atoms with Gasteiger partial charge in [-0.1, -0.05) is 12.1 Å². The van der Waals surface area contributed by atoms with Crippen LogP contribution in [0.5, 0.6) is 5.75 Å². The Bertz CT molecular complexity index is 337. The quantitative estimate of drug-likeness (QED) is 0.767. The molecule has 0 fully saturated rings. The summed E-state index contributed by atoms with van der Waals surface area (Å²) in [4.78, 5) is 0. The van der Waals surface area contributed by atoms with Crippen LogP contribution in [0.1, 0.15) is 23.7 Å². The average Bonchev–Trinajstić information content (AvgIpc) is 2.29. The van der Waals surface area contributed by atoms with Crippen LogP contribution in [0.2, 0.25) is 0 Å². The Morgan fingerprint density at radius 3 is 2.93 bits per heavy atom. The third-order valence-electron chi connectivity index (χ3n) is 3.15. The molecule has 3 nitrogen and oxygen atoms in total. The zero-order chi connectivity index (χ0) is 10.8. The van der Waals surface area contributed by atoms with Gasteiger partial charge in [-0.3, -0.25) is 0 Å². The Hall–Kier alpha value is -1.06. The molecule has 0 aliphatic heterocycles. The maximum absolute atomic E-state index is 10.2. The number of aliphatic hydroxyl groups is 1. The zero-order valence-electron chi connectivity index (χ0n) is 9.16. The standard InChI is InChI=1S/C12H17NO2/c1-13-9-7-6-8-4-3-5-10(15-2)11(8)12(9)14/h3-5,9,12-14H,6-7H2,1-2H3. The molecule has 0 heterocycles. The molecule has 1 aliphatic carbocycles. The number of hydrogen-bond acceptors (Lipinski definition) is 3. The summed E-state index contributed by atoms with van der Waals surface area (Å²) < 4.78 is 5.29. The first kappa shape index (κ1) is 10.5. The van der Waals surface area contributed by atoms with Gasteiger partial charge in [0.2, 0.25) is 0 Å². The van der Waals surface area contributed by atoms with E-state index in [-0.39, 0.29) is 6.04 Å². The largest absolute Gasteiger partial charge is 0.496 e. The summed E-state index contributed by atoms with van der Waals surface area (Å²) in [5, 5.41) is 13.3. The maximum atomic E-state index is 10.2. The third kappa shape index (κ3) is 1.73. The molecule has 0 amide bonds. The molecule has 82 valence electrons. The van der Waals surface area contributed by atoms with Crippen molar-refractivity contribution in [3.8, 4) is 5.75 Å². The molecule has 1 aromatic rings. The summed E-state index contributed by atoms with van der Waals surface area (Å²) in [5.74, 6) is 0.792. The minimum Gasteiger partial charge on any atom is -0.496 e. The SMILES string of the molecule is CNC1CCc2cccc(OC)c2C1O. The second-order valence-electron chi connectivity index (χ2n) is 3.91. The lowest BCUT2D eigenvalue weighted by Crippen LogP contribution is -2.36. The van der Waals surface area contributed by atoms with Gasteiger partial charge < -0.3 is 15.2 Å². The maximum Gasteiger partial charge on any atom is 0.124 e. The zero-order valence-corrected chi connectivity index (χ0v) is 9.16. The summed E-state index contributed by atoms with van der Waals surface area (Å²) in [6.45, 7) is 0. The van der Waals surface area contributed by atoms with E-state index in [9.17, 15) is 5.11 Å². The molecule has 2 rings (SSSR count). The summed E-state index contributed by atoms with van der Waals surface area (Å²) in [7, 11) is 3.53. The molecule has 0 spiro atoms. The molecule has 0 bridgehead atoms. The predicted molar refractivity (Wildman–Crippen MR) is 59.1 cm³/mol. The lowest BCUT2D eigenvalue weighted by atomic mass is 9.85. The van der Waals surface area contributed by atoms with E-state index in [0.29, 0.717) is 0 Å². The Balaban J connectivity index is 2.43. The van der Waals surface area contributed by atoms with Gasteiger partial charge >= 0.3 is 0 Å². The van der Waals surface area contributed by atoms with Crippen molar-refractivity contribution in [3.05, 3.63) is 29.3 Å². The van der Waals surface area contributed by atoms with E-state index in [0.717, 1.165) is 24.2 Å². The highest BCUT2D eigenvalue weighted by molar-refractivity contribution is 5.44. The Kier molecular flexibility index (Phi) is 2.93. The Morgan fingerprint density at radius 2 is 2.27 bits per heavy atom. The number of aliphatic hydroxyl groups excluding tert-OH is 1. The highest BCUT2D eigenvalue weighted by atomic mass is 16.5. The van der Waals surface area contributed by atoms with Crippen molar-refractivity contribution in [2.24, 2.45) is 0 Å². The molecule has 2 atom stereocenters. The highest BCUT2D eigenvalue weighted by Gasteiger charge is 2.29. The molecule has 1 aromatic carbocycles. The number of fused-ring (bicyclic) bond motifs is 1. The Morgan fingerprint density at radius 1 is 1.47 bits per heavy atom. The predicted octanol–water partition coefficient (Wildman–Crippen LogP) is 1.26. The van der Waals surface area contributed by atoms with E-state index < -0.39 is 6.10 Å². The van der Waals surface area contributed by atoms with Crippen LogP contribution in [0, 0.1) is 0 Å². The van der Waals surface area contributed by atoms with Crippen LogP contribution >= 0.6 is 0 Å². The van der Waals surface area contributed by atoms with E-state index >= 15 is 0 Å². The molecule has 2 unspecified atom stereocenters. The highest BCUT2D eigenvalue weighted by Crippen LogP contribution is 2.36. The number of rotatable bonds is 2. The van der Waals surface area contributed by atoms with Crippen molar-refractivity contribution in [1.82, 2.24) is 5.32 Å². The van der Waals surface area contributed by atoms with Crippen molar-refractivity contribution in [2.75, 3.05) is 14.2 Å². The van der Waals surface area contributed by atoms with E-state index in [4.69, 9.17) is 4.74 Å². The minimum absolute atomic E-state index is 0.133. The van der Waals surface area contributed by atoms with Crippen LogP contribution in [-0.2, 0) is 6.42 Å². The fourth-order valence-electron chi connectivity index (χ4n) is 2.29.